The van der Waals surface area contributed by atoms with Crippen LogP contribution in [0.4, 0.5) is 11.4 Å². The maximum Gasteiger partial charge on any atom is 0.271 e. The quantitative estimate of drug-likeness (QED) is 0.525. The van der Waals surface area contributed by atoms with Crippen molar-refractivity contribution in [1.29, 1.82) is 0 Å². The van der Waals surface area contributed by atoms with Crippen LogP contribution in [0.1, 0.15) is 25.7 Å². The highest BCUT2D eigenvalue weighted by molar-refractivity contribution is 5.95. The van der Waals surface area contributed by atoms with Crippen molar-refractivity contribution in [1.82, 2.24) is 0 Å². The third-order valence-electron chi connectivity index (χ3n) is 4.46. The van der Waals surface area contributed by atoms with Gasteiger partial charge in [0.1, 0.15) is 0 Å². The molecule has 1 N–H and O–H groups in total. The van der Waals surface area contributed by atoms with Crippen LogP contribution >= 0.6 is 0 Å². The molecule has 0 aliphatic heterocycles. The predicted molar refractivity (Wildman–Crippen MR) is 79.8 cm³/mol. The minimum atomic E-state index is -0.452. The summed E-state index contributed by atoms with van der Waals surface area (Å²) in [5.41, 5.74) is 0.505. The number of nitrogens with one attached hydrogen (secondary N) is 1. The van der Waals surface area contributed by atoms with Crippen molar-refractivity contribution in [3.05, 3.63) is 46.5 Å². The molecule has 0 radical (unpaired) electrons. The molecule has 1 amide bonds. The molecule has 5 nitrogen and oxygen atoms in total. The zero-order valence-corrected chi connectivity index (χ0v) is 11.7. The number of anilines is 1. The fourth-order valence-corrected chi connectivity index (χ4v) is 3.36. The van der Waals surface area contributed by atoms with Gasteiger partial charge >= 0.3 is 0 Å². The molecule has 1 saturated carbocycles. The summed E-state index contributed by atoms with van der Waals surface area (Å²) >= 11 is 0. The lowest BCUT2D eigenvalue weighted by atomic mass is 10.1. The van der Waals surface area contributed by atoms with Crippen LogP contribution in [0.15, 0.2) is 36.4 Å². The first-order valence-corrected chi connectivity index (χ1v) is 7.37. The van der Waals surface area contributed by atoms with E-state index in [0.29, 0.717) is 17.5 Å². The molecular formula is C16H18N2O3. The molecule has 0 saturated heterocycles. The van der Waals surface area contributed by atoms with Crippen LogP contribution in [0.3, 0.4) is 0 Å². The molecular weight excluding hydrogens is 268 g/mol. The zero-order valence-electron chi connectivity index (χ0n) is 11.7. The number of nitro benzene ring substituents is 1. The van der Waals surface area contributed by atoms with E-state index in [9.17, 15) is 14.9 Å². The number of fused-ring (bicyclic) bond motifs is 1. The van der Waals surface area contributed by atoms with E-state index in [-0.39, 0.29) is 17.5 Å². The topological polar surface area (TPSA) is 72.2 Å². The minimum Gasteiger partial charge on any atom is -0.326 e. The van der Waals surface area contributed by atoms with Crippen molar-refractivity contribution < 1.29 is 9.72 Å². The predicted octanol–water partition coefficient (Wildman–Crippen LogP) is 3.53. The van der Waals surface area contributed by atoms with Crippen LogP contribution < -0.4 is 5.32 Å². The van der Waals surface area contributed by atoms with E-state index in [1.54, 1.807) is 12.1 Å². The Morgan fingerprint density at radius 1 is 1.19 bits per heavy atom. The maximum atomic E-state index is 12.3. The molecule has 2 aliphatic carbocycles. The lowest BCUT2D eigenvalue weighted by Crippen LogP contribution is -2.15. The van der Waals surface area contributed by atoms with Crippen molar-refractivity contribution in [2.24, 2.45) is 17.8 Å². The second kappa shape index (κ2) is 5.68. The van der Waals surface area contributed by atoms with Crippen molar-refractivity contribution >= 4 is 17.3 Å². The summed E-state index contributed by atoms with van der Waals surface area (Å²) < 4.78 is 0. The van der Waals surface area contributed by atoms with Gasteiger partial charge in [-0.15, -0.1) is 0 Å². The Hall–Kier alpha value is -2.17. The molecule has 21 heavy (non-hydrogen) atoms. The Bertz CT molecular complexity index is 581. The highest BCUT2D eigenvalue weighted by atomic mass is 16.6. The van der Waals surface area contributed by atoms with Gasteiger partial charge < -0.3 is 5.32 Å². The lowest BCUT2D eigenvalue weighted by molar-refractivity contribution is -0.384. The summed E-state index contributed by atoms with van der Waals surface area (Å²) in [6.07, 6.45) is 8.61. The summed E-state index contributed by atoms with van der Waals surface area (Å²) in [5, 5.41) is 13.6. The van der Waals surface area contributed by atoms with Crippen molar-refractivity contribution in [2.75, 3.05) is 5.32 Å². The molecule has 2 atom stereocenters. The zero-order chi connectivity index (χ0) is 14.8. The van der Waals surface area contributed by atoms with Crippen LogP contribution in [0, 0.1) is 27.9 Å². The number of carbonyl (C=O) groups excluding carboxylic acids is 1. The van der Waals surface area contributed by atoms with Crippen molar-refractivity contribution in [2.45, 2.75) is 25.7 Å². The van der Waals surface area contributed by atoms with Crippen molar-refractivity contribution in [3.63, 3.8) is 0 Å². The van der Waals surface area contributed by atoms with Gasteiger partial charge in [-0.25, -0.2) is 0 Å². The number of carbonyl (C=O) groups is 1. The smallest absolute Gasteiger partial charge is 0.271 e. The van der Waals surface area contributed by atoms with Crippen molar-refractivity contribution in [3.8, 4) is 0 Å². The number of allylic oxidation sites excluding steroid dienone is 2. The van der Waals surface area contributed by atoms with E-state index in [1.807, 2.05) is 0 Å². The molecule has 110 valence electrons. The molecule has 0 aromatic heterocycles. The number of nitrogens with zero attached hydrogens (tertiary/aromatic N) is 1. The van der Waals surface area contributed by atoms with Gasteiger partial charge in [-0.2, -0.15) is 0 Å². The van der Waals surface area contributed by atoms with Gasteiger partial charge in [-0.3, -0.25) is 14.9 Å². The Labute approximate surface area is 123 Å². The van der Waals surface area contributed by atoms with Gasteiger partial charge in [-0.1, -0.05) is 18.2 Å². The monoisotopic (exact) mass is 286 g/mol. The van der Waals surface area contributed by atoms with Crippen LogP contribution in [-0.4, -0.2) is 10.8 Å². The summed E-state index contributed by atoms with van der Waals surface area (Å²) in [6.45, 7) is 0. The maximum absolute atomic E-state index is 12.3. The molecule has 0 bridgehead atoms. The normalized spacial score (nSPS) is 27.1. The summed E-state index contributed by atoms with van der Waals surface area (Å²) in [6, 6.07) is 6.11. The van der Waals surface area contributed by atoms with Crippen LogP contribution in [-0.2, 0) is 4.79 Å². The molecule has 0 spiro atoms. The number of amides is 1. The van der Waals surface area contributed by atoms with Gasteiger partial charge in [0, 0.05) is 23.7 Å². The average molecular weight is 286 g/mol. The third-order valence-corrected chi connectivity index (χ3v) is 4.46. The summed E-state index contributed by atoms with van der Waals surface area (Å²) in [7, 11) is 0. The average Bonchev–Trinajstić information content (AvgIpc) is 3.10. The summed E-state index contributed by atoms with van der Waals surface area (Å²) in [5.74, 6) is 1.04. The van der Waals surface area contributed by atoms with E-state index in [2.05, 4.69) is 17.5 Å². The van der Waals surface area contributed by atoms with Crippen LogP contribution in [0.25, 0.3) is 0 Å². The van der Waals surface area contributed by atoms with Crippen LogP contribution in [0.2, 0.25) is 0 Å². The number of hydrogen-bond acceptors (Lipinski definition) is 3. The third kappa shape index (κ3) is 2.96. The molecule has 0 heterocycles. The van der Waals surface area contributed by atoms with E-state index >= 15 is 0 Å². The van der Waals surface area contributed by atoms with E-state index in [4.69, 9.17) is 0 Å². The molecule has 1 fully saturated rings. The van der Waals surface area contributed by atoms with Gasteiger partial charge in [-0.05, 0) is 43.6 Å². The first-order chi connectivity index (χ1) is 10.2. The van der Waals surface area contributed by atoms with E-state index in [0.717, 1.165) is 25.7 Å². The fraction of sp³-hybridized carbons (Fsp3) is 0.438. The van der Waals surface area contributed by atoms with Crippen LogP contribution in [0.5, 0.6) is 0 Å². The first-order valence-electron chi connectivity index (χ1n) is 7.37. The lowest BCUT2D eigenvalue weighted by Gasteiger charge is -2.04. The molecule has 3 rings (SSSR count). The highest BCUT2D eigenvalue weighted by Gasteiger charge is 2.53. The molecule has 0 unspecified atom stereocenters. The standard InChI is InChI=1S/C16H18N2O3/c19-16(15-13-8-3-1-2-4-9-14(13)15)17-11-6-5-7-12(10-11)18(20)21/h1-2,5-7,10,13-15H,3-4,8-9H2,(H,17,19)/t13-,14-/m1/s1. The fourth-order valence-electron chi connectivity index (χ4n) is 3.36. The second-order valence-corrected chi connectivity index (χ2v) is 5.78. The highest BCUT2D eigenvalue weighted by Crippen LogP contribution is 2.53. The number of non-ortho nitro benzene ring substituents is 1. The Morgan fingerprint density at radius 2 is 1.86 bits per heavy atom. The first kappa shape index (κ1) is 13.8. The molecule has 1 aromatic carbocycles. The van der Waals surface area contributed by atoms with E-state index in [1.165, 1.54) is 12.1 Å². The Morgan fingerprint density at radius 3 is 2.48 bits per heavy atom. The van der Waals surface area contributed by atoms with E-state index < -0.39 is 4.92 Å². The molecule has 2 aliphatic rings. The molecule has 1 aromatic rings. The number of rotatable bonds is 3. The largest absolute Gasteiger partial charge is 0.326 e. The summed E-state index contributed by atoms with van der Waals surface area (Å²) in [4.78, 5) is 22.6. The Kier molecular flexibility index (Phi) is 3.73. The number of benzene rings is 1. The van der Waals surface area contributed by atoms with Gasteiger partial charge in [0.05, 0.1) is 4.92 Å². The second-order valence-electron chi connectivity index (χ2n) is 5.78. The van der Waals surface area contributed by atoms with Gasteiger partial charge in [0.2, 0.25) is 5.91 Å². The molecule has 5 heteroatoms. The van der Waals surface area contributed by atoms with Gasteiger partial charge in [0.25, 0.3) is 5.69 Å². The SMILES string of the molecule is O=C(Nc1cccc([N+](=O)[O-])c1)C1[C@@H]2CCC=CCC[C@@H]12. The number of hydrogen-bond donors (Lipinski definition) is 1. The minimum absolute atomic E-state index is 0.00110. The number of nitro groups is 1. The Balaban J connectivity index is 1.65. The van der Waals surface area contributed by atoms with Gasteiger partial charge in [0.15, 0.2) is 0 Å².